The summed E-state index contributed by atoms with van der Waals surface area (Å²) in [6.45, 7) is 3.81. The van der Waals surface area contributed by atoms with Gasteiger partial charge in [0.1, 0.15) is 0 Å². The van der Waals surface area contributed by atoms with Crippen LogP contribution in [-0.2, 0) is 13.1 Å². The maximum Gasteiger partial charge on any atom is 0.0427 e. The molecule has 2 aromatic rings. The topological polar surface area (TPSA) is 6.48 Å². The molecule has 0 bridgehead atoms. The van der Waals surface area contributed by atoms with E-state index >= 15 is 0 Å². The maximum atomic E-state index is 2.33. The molecule has 0 radical (unpaired) electrons. The van der Waals surface area contributed by atoms with Crippen LogP contribution in [-0.4, -0.2) is 22.9 Å². The molecule has 140 valence electrons. The lowest BCUT2D eigenvalue weighted by atomic mass is 10.1. The first-order valence-electron chi connectivity index (χ1n) is 9.86. The molecule has 4 rings (SSSR count). The van der Waals surface area contributed by atoms with Gasteiger partial charge in [-0.2, -0.15) is 0 Å². The summed E-state index contributed by atoms with van der Waals surface area (Å²) >= 11 is 0. The smallest absolute Gasteiger partial charge is 0.0427 e. The number of nitrogens with zero attached hydrogens (tertiary/aromatic N) is 2. The van der Waals surface area contributed by atoms with E-state index in [9.17, 15) is 0 Å². The first kappa shape index (κ1) is 18.1. The van der Waals surface area contributed by atoms with Gasteiger partial charge >= 0.3 is 0 Å². The zero-order valence-electron chi connectivity index (χ0n) is 16.1. The van der Waals surface area contributed by atoms with Crippen molar-refractivity contribution >= 4 is 0 Å². The Kier molecular flexibility index (Phi) is 5.89. The predicted molar refractivity (Wildman–Crippen MR) is 117 cm³/mol. The van der Waals surface area contributed by atoms with Crippen molar-refractivity contribution in [2.75, 3.05) is 13.1 Å². The van der Waals surface area contributed by atoms with E-state index in [-0.39, 0.29) is 0 Å². The van der Waals surface area contributed by atoms with Crippen LogP contribution < -0.4 is 0 Å². The van der Waals surface area contributed by atoms with Crippen molar-refractivity contribution in [3.05, 3.63) is 132 Å². The molecular formula is C26H26N2. The average molecular weight is 367 g/mol. The fourth-order valence-corrected chi connectivity index (χ4v) is 3.40. The zero-order valence-corrected chi connectivity index (χ0v) is 16.1. The van der Waals surface area contributed by atoms with Crippen molar-refractivity contribution in [2.24, 2.45) is 0 Å². The molecule has 2 aromatic carbocycles. The first-order chi connectivity index (χ1) is 13.8. The Bertz CT molecular complexity index is 840. The maximum absolute atomic E-state index is 2.33. The quantitative estimate of drug-likeness (QED) is 0.670. The molecule has 0 N–H and O–H groups in total. The number of allylic oxidation sites excluding steroid dienone is 6. The summed E-state index contributed by atoms with van der Waals surface area (Å²) in [4.78, 5) is 4.65. The van der Waals surface area contributed by atoms with Crippen LogP contribution in [0.4, 0.5) is 0 Å². The molecule has 2 heteroatoms. The van der Waals surface area contributed by atoms with Crippen molar-refractivity contribution in [1.82, 2.24) is 9.80 Å². The van der Waals surface area contributed by atoms with Crippen molar-refractivity contribution in [3.63, 3.8) is 0 Å². The monoisotopic (exact) mass is 366 g/mol. The van der Waals surface area contributed by atoms with E-state index in [1.54, 1.807) is 0 Å². The second-order valence-electron chi connectivity index (χ2n) is 7.20. The molecule has 0 atom stereocenters. The number of hydrogen-bond donors (Lipinski definition) is 0. The molecule has 0 amide bonds. The molecule has 2 aliphatic rings. The normalized spacial score (nSPS) is 16.4. The molecule has 0 unspecified atom stereocenters. The Morgan fingerprint density at radius 3 is 1.39 bits per heavy atom. The van der Waals surface area contributed by atoms with Crippen LogP contribution in [0.3, 0.4) is 0 Å². The third-order valence-electron chi connectivity index (χ3n) is 5.00. The Labute approximate surface area is 168 Å². The highest BCUT2D eigenvalue weighted by Crippen LogP contribution is 2.16. The Balaban J connectivity index is 1.26. The predicted octanol–water partition coefficient (Wildman–Crippen LogP) is 5.45. The minimum Gasteiger partial charge on any atom is -0.369 e. The van der Waals surface area contributed by atoms with E-state index in [1.807, 2.05) is 0 Å². The molecule has 2 nitrogen and oxygen atoms in total. The highest BCUT2D eigenvalue weighted by Gasteiger charge is 2.06. The van der Waals surface area contributed by atoms with E-state index in [0.29, 0.717) is 0 Å². The van der Waals surface area contributed by atoms with Crippen molar-refractivity contribution in [3.8, 4) is 0 Å². The summed E-state index contributed by atoms with van der Waals surface area (Å²) in [6, 6.07) is 21.2. The highest BCUT2D eigenvalue weighted by molar-refractivity contribution is 5.41. The van der Waals surface area contributed by atoms with Crippen LogP contribution in [0.2, 0.25) is 0 Å². The van der Waals surface area contributed by atoms with Crippen molar-refractivity contribution in [1.29, 1.82) is 0 Å². The van der Waals surface area contributed by atoms with E-state index in [1.165, 1.54) is 22.3 Å². The summed E-state index contributed by atoms with van der Waals surface area (Å²) in [5.74, 6) is 0. The van der Waals surface area contributed by atoms with Crippen molar-refractivity contribution in [2.45, 2.75) is 13.1 Å². The molecule has 0 spiro atoms. The van der Waals surface area contributed by atoms with Crippen LogP contribution in [0.5, 0.6) is 0 Å². The summed E-state index contributed by atoms with van der Waals surface area (Å²) < 4.78 is 0. The minimum absolute atomic E-state index is 0.949. The summed E-state index contributed by atoms with van der Waals surface area (Å²) in [7, 11) is 0. The fraction of sp³-hybridized carbons (Fsp3) is 0.154. The molecule has 0 aliphatic carbocycles. The summed E-state index contributed by atoms with van der Waals surface area (Å²) in [6.07, 6.45) is 17.8. The average Bonchev–Trinajstić information content (AvgIpc) is 2.76. The highest BCUT2D eigenvalue weighted by atomic mass is 15.1. The molecule has 0 fully saturated rings. The third kappa shape index (κ3) is 5.14. The van der Waals surface area contributed by atoms with Crippen LogP contribution in [0.1, 0.15) is 11.1 Å². The Morgan fingerprint density at radius 1 is 0.607 bits per heavy atom. The van der Waals surface area contributed by atoms with Gasteiger partial charge in [-0.3, -0.25) is 0 Å². The van der Waals surface area contributed by atoms with Crippen LogP contribution in [0.15, 0.2) is 121 Å². The van der Waals surface area contributed by atoms with Gasteiger partial charge in [-0.1, -0.05) is 85.0 Å². The van der Waals surface area contributed by atoms with Gasteiger partial charge in [0.2, 0.25) is 0 Å². The molecule has 0 saturated heterocycles. The Hall–Kier alpha value is -3.26. The second-order valence-corrected chi connectivity index (χ2v) is 7.20. The minimum atomic E-state index is 0.949. The van der Waals surface area contributed by atoms with Crippen LogP contribution in [0.25, 0.3) is 0 Å². The van der Waals surface area contributed by atoms with Crippen LogP contribution >= 0.6 is 0 Å². The Morgan fingerprint density at radius 2 is 1.04 bits per heavy atom. The molecule has 0 aromatic heterocycles. The van der Waals surface area contributed by atoms with E-state index in [0.717, 1.165) is 26.2 Å². The fourth-order valence-electron chi connectivity index (χ4n) is 3.40. The van der Waals surface area contributed by atoms with Gasteiger partial charge < -0.3 is 9.80 Å². The second kappa shape index (κ2) is 9.09. The van der Waals surface area contributed by atoms with Gasteiger partial charge in [0, 0.05) is 38.6 Å². The zero-order chi connectivity index (χ0) is 19.0. The first-order valence-corrected chi connectivity index (χ1v) is 9.86. The largest absolute Gasteiger partial charge is 0.369 e. The van der Waals surface area contributed by atoms with Gasteiger partial charge in [-0.25, -0.2) is 0 Å². The molecule has 2 aliphatic heterocycles. The molecule has 0 saturated carbocycles. The van der Waals surface area contributed by atoms with Crippen LogP contribution in [0, 0.1) is 0 Å². The van der Waals surface area contributed by atoms with E-state index in [4.69, 9.17) is 0 Å². The van der Waals surface area contributed by atoms with Gasteiger partial charge in [0.15, 0.2) is 0 Å². The summed E-state index contributed by atoms with van der Waals surface area (Å²) in [5, 5.41) is 0. The van der Waals surface area contributed by atoms with Gasteiger partial charge in [0.05, 0.1) is 0 Å². The van der Waals surface area contributed by atoms with Crippen molar-refractivity contribution < 1.29 is 0 Å². The SMILES string of the molecule is C(=CC1=CCN(Cc2ccccc2)C=C1)C1=CCN(Cc2ccccc2)C=C1. The lowest BCUT2D eigenvalue weighted by Gasteiger charge is -2.22. The number of hydrogen-bond acceptors (Lipinski definition) is 2. The molecule has 2 heterocycles. The van der Waals surface area contributed by atoms with Gasteiger partial charge in [0.25, 0.3) is 0 Å². The summed E-state index contributed by atoms with van der Waals surface area (Å²) in [5.41, 5.74) is 5.23. The van der Waals surface area contributed by atoms with Gasteiger partial charge in [-0.05, 0) is 34.4 Å². The number of benzene rings is 2. The van der Waals surface area contributed by atoms with E-state index in [2.05, 4.69) is 119 Å². The third-order valence-corrected chi connectivity index (χ3v) is 5.00. The number of rotatable bonds is 6. The standard InChI is InChI=1S/C26H26N2/c1-3-7-25(8-4-1)21-27-17-13-23(14-18-27)11-12-24-15-19-28(20-16-24)22-26-9-5-2-6-10-26/h1-17,19H,18,20-22H2. The lowest BCUT2D eigenvalue weighted by Crippen LogP contribution is -2.19. The lowest BCUT2D eigenvalue weighted by molar-refractivity contribution is 0.404. The van der Waals surface area contributed by atoms with Gasteiger partial charge in [-0.15, -0.1) is 0 Å². The molecule has 28 heavy (non-hydrogen) atoms. The molecular weight excluding hydrogens is 340 g/mol. The van der Waals surface area contributed by atoms with E-state index < -0.39 is 0 Å².